The summed E-state index contributed by atoms with van der Waals surface area (Å²) in [5.41, 5.74) is 0.772. The van der Waals surface area contributed by atoms with Crippen molar-refractivity contribution in [1.82, 2.24) is 10.2 Å². The fourth-order valence-electron chi connectivity index (χ4n) is 2.28. The van der Waals surface area contributed by atoms with E-state index in [4.69, 9.17) is 27.9 Å². The number of amides is 1. The molecule has 7 heteroatoms. The molecule has 5 nitrogen and oxygen atoms in total. The molecule has 0 saturated heterocycles. The van der Waals surface area contributed by atoms with E-state index in [2.05, 4.69) is 11.9 Å². The average molecular weight is 371 g/mol. The number of aliphatic hydroxyl groups is 1. The van der Waals surface area contributed by atoms with E-state index in [1.54, 1.807) is 30.1 Å². The number of hydrogen-bond donors (Lipinski definition) is 2. The lowest BCUT2D eigenvalue weighted by Gasteiger charge is -2.16. The third-order valence-corrected chi connectivity index (χ3v) is 4.38. The second kappa shape index (κ2) is 7.81. The van der Waals surface area contributed by atoms with Gasteiger partial charge in [-0.3, -0.25) is 4.79 Å². The number of aliphatic hydroxyl groups excluding tert-OH is 1. The Hall–Kier alpha value is -1.85. The molecule has 1 aromatic rings. The zero-order valence-electron chi connectivity index (χ0n) is 13.6. The molecule has 2 rings (SSSR count). The van der Waals surface area contributed by atoms with Crippen LogP contribution in [0.3, 0.4) is 0 Å². The minimum absolute atomic E-state index is 0.0544. The number of nitrogens with one attached hydrogen (secondary N) is 1. The first-order valence-corrected chi connectivity index (χ1v) is 8.27. The maximum Gasteiger partial charge on any atom is 0.253 e. The van der Waals surface area contributed by atoms with Crippen molar-refractivity contribution in [3.05, 3.63) is 51.9 Å². The van der Waals surface area contributed by atoms with Crippen LogP contribution in [0, 0.1) is 0 Å². The van der Waals surface area contributed by atoms with Crippen molar-refractivity contribution in [3.63, 3.8) is 0 Å². The highest BCUT2D eigenvalue weighted by Crippen LogP contribution is 2.32. The first-order valence-electron chi connectivity index (χ1n) is 7.51. The molecule has 130 valence electrons. The van der Waals surface area contributed by atoms with E-state index in [9.17, 15) is 9.90 Å². The Labute approximate surface area is 151 Å². The summed E-state index contributed by atoms with van der Waals surface area (Å²) in [4.78, 5) is 13.9. The topological polar surface area (TPSA) is 61.8 Å². The summed E-state index contributed by atoms with van der Waals surface area (Å²) in [7, 11) is 1.77. The molecule has 0 radical (unpaired) electrons. The standard InChI is InChI=1S/C17H20Cl2N2O3/c1-10(7-8-24-16-13(18)5-4-6-14(16)19)20-17(23)12-9-21(3)11(2)15(12)22/h4-6,10,22H,2,7-9H2,1,3H3,(H,20,23). The normalized spacial score (nSPS) is 15.7. The molecule has 24 heavy (non-hydrogen) atoms. The predicted octanol–water partition coefficient (Wildman–Crippen LogP) is 3.54. The monoisotopic (exact) mass is 370 g/mol. The number of carbonyl (C=O) groups excluding carboxylic acids is 1. The first kappa shape index (κ1) is 18.5. The van der Waals surface area contributed by atoms with Gasteiger partial charge in [0.1, 0.15) is 5.76 Å². The average Bonchev–Trinajstić information content (AvgIpc) is 2.78. The Morgan fingerprint density at radius 3 is 2.62 bits per heavy atom. The lowest BCUT2D eigenvalue weighted by Crippen LogP contribution is -2.36. The summed E-state index contributed by atoms with van der Waals surface area (Å²) in [5, 5.41) is 13.7. The smallest absolute Gasteiger partial charge is 0.253 e. The quantitative estimate of drug-likeness (QED) is 0.803. The minimum Gasteiger partial charge on any atom is -0.505 e. The van der Waals surface area contributed by atoms with Crippen molar-refractivity contribution >= 4 is 29.1 Å². The maximum absolute atomic E-state index is 12.2. The van der Waals surface area contributed by atoms with Gasteiger partial charge in [0.05, 0.1) is 34.5 Å². The molecule has 1 aromatic carbocycles. The van der Waals surface area contributed by atoms with Crippen LogP contribution in [0.1, 0.15) is 13.3 Å². The molecule has 1 atom stereocenters. The lowest BCUT2D eigenvalue weighted by atomic mass is 10.2. The van der Waals surface area contributed by atoms with Crippen molar-refractivity contribution < 1.29 is 14.6 Å². The number of rotatable bonds is 6. The maximum atomic E-state index is 12.2. The SMILES string of the molecule is C=C1C(O)=C(C(=O)NC(C)CCOc2c(Cl)cccc2Cl)CN1C. The van der Waals surface area contributed by atoms with Gasteiger partial charge < -0.3 is 20.1 Å². The zero-order chi connectivity index (χ0) is 17.9. The highest BCUT2D eigenvalue weighted by atomic mass is 35.5. The van der Waals surface area contributed by atoms with Gasteiger partial charge >= 0.3 is 0 Å². The molecule has 1 heterocycles. The summed E-state index contributed by atoms with van der Waals surface area (Å²) < 4.78 is 5.60. The van der Waals surface area contributed by atoms with E-state index >= 15 is 0 Å². The van der Waals surface area contributed by atoms with Crippen molar-refractivity contribution in [2.45, 2.75) is 19.4 Å². The third kappa shape index (κ3) is 4.16. The van der Waals surface area contributed by atoms with Crippen molar-refractivity contribution in [2.24, 2.45) is 0 Å². The molecule has 0 aromatic heterocycles. The summed E-state index contributed by atoms with van der Waals surface area (Å²) in [5.74, 6) is 0.0796. The number of hydrogen-bond acceptors (Lipinski definition) is 4. The van der Waals surface area contributed by atoms with Gasteiger partial charge in [-0.15, -0.1) is 0 Å². The molecule has 0 bridgehead atoms. The third-order valence-electron chi connectivity index (χ3n) is 3.78. The Morgan fingerprint density at radius 2 is 2.08 bits per heavy atom. The van der Waals surface area contributed by atoms with Gasteiger partial charge in [-0.25, -0.2) is 0 Å². The van der Waals surface area contributed by atoms with Gasteiger partial charge in [-0.05, 0) is 19.1 Å². The molecule has 0 saturated carbocycles. The number of nitrogens with zero attached hydrogens (tertiary/aromatic N) is 1. The van der Waals surface area contributed by atoms with Crippen LogP contribution in [0.2, 0.25) is 10.0 Å². The second-order valence-corrected chi connectivity index (χ2v) is 6.51. The molecule has 1 unspecified atom stereocenters. The van der Waals surface area contributed by atoms with E-state index in [0.29, 0.717) is 46.6 Å². The molecule has 1 aliphatic rings. The highest BCUT2D eigenvalue weighted by molar-refractivity contribution is 6.37. The Balaban J connectivity index is 1.85. The van der Waals surface area contributed by atoms with Crippen LogP contribution in [0.25, 0.3) is 0 Å². The number of benzene rings is 1. The molecule has 1 amide bonds. The molecular weight excluding hydrogens is 351 g/mol. The van der Waals surface area contributed by atoms with E-state index in [0.717, 1.165) is 0 Å². The highest BCUT2D eigenvalue weighted by Gasteiger charge is 2.27. The lowest BCUT2D eigenvalue weighted by molar-refractivity contribution is -0.118. The second-order valence-electron chi connectivity index (χ2n) is 5.69. The van der Waals surface area contributed by atoms with E-state index in [-0.39, 0.29) is 17.7 Å². The van der Waals surface area contributed by atoms with Gasteiger partial charge in [0.15, 0.2) is 5.75 Å². The number of likely N-dealkylation sites (N-methyl/N-ethyl adjacent to an activating group) is 1. The molecule has 0 spiro atoms. The fourth-order valence-corrected chi connectivity index (χ4v) is 2.79. The van der Waals surface area contributed by atoms with Gasteiger partial charge in [-0.2, -0.15) is 0 Å². The van der Waals surface area contributed by atoms with E-state index < -0.39 is 0 Å². The van der Waals surface area contributed by atoms with Crippen molar-refractivity contribution in [2.75, 3.05) is 20.2 Å². The molecule has 2 N–H and O–H groups in total. The number of ether oxygens (including phenoxy) is 1. The van der Waals surface area contributed by atoms with Crippen molar-refractivity contribution in [3.8, 4) is 5.75 Å². The number of carbonyl (C=O) groups is 1. The molecule has 0 fully saturated rings. The summed E-state index contributed by atoms with van der Waals surface area (Å²) in [6.45, 7) is 6.27. The van der Waals surface area contributed by atoms with E-state index in [1.165, 1.54) is 0 Å². The first-order chi connectivity index (χ1) is 11.3. The largest absolute Gasteiger partial charge is 0.505 e. The van der Waals surface area contributed by atoms with Crippen molar-refractivity contribution in [1.29, 1.82) is 0 Å². The summed E-state index contributed by atoms with van der Waals surface area (Å²) in [6, 6.07) is 5.00. The zero-order valence-corrected chi connectivity index (χ0v) is 15.1. The minimum atomic E-state index is -0.304. The number of para-hydroxylation sites is 1. The summed E-state index contributed by atoms with van der Waals surface area (Å²) >= 11 is 12.1. The Bertz CT molecular complexity index is 668. The van der Waals surface area contributed by atoms with Crippen LogP contribution in [0.15, 0.2) is 41.8 Å². The number of halogens is 2. The van der Waals surface area contributed by atoms with Crippen LogP contribution in [0.4, 0.5) is 0 Å². The Morgan fingerprint density at radius 1 is 1.46 bits per heavy atom. The van der Waals surface area contributed by atoms with E-state index in [1.807, 2.05) is 6.92 Å². The molecular formula is C17H20Cl2N2O3. The molecule has 1 aliphatic heterocycles. The predicted molar refractivity (Wildman–Crippen MR) is 95.6 cm³/mol. The van der Waals surface area contributed by atoms with Gasteiger partial charge in [0.2, 0.25) is 0 Å². The van der Waals surface area contributed by atoms with Crippen LogP contribution in [-0.4, -0.2) is 42.2 Å². The van der Waals surface area contributed by atoms with Crippen LogP contribution >= 0.6 is 23.2 Å². The van der Waals surface area contributed by atoms with Crippen LogP contribution in [-0.2, 0) is 4.79 Å². The van der Waals surface area contributed by atoms with Gasteiger partial charge in [0, 0.05) is 19.5 Å². The van der Waals surface area contributed by atoms with Gasteiger partial charge in [0.25, 0.3) is 5.91 Å². The fraction of sp³-hybridized carbons (Fsp3) is 0.353. The summed E-state index contributed by atoms with van der Waals surface area (Å²) in [6.07, 6.45) is 0.568. The van der Waals surface area contributed by atoms with Crippen LogP contribution in [0.5, 0.6) is 5.75 Å². The van der Waals surface area contributed by atoms with Crippen LogP contribution < -0.4 is 10.1 Å². The molecule has 0 aliphatic carbocycles. The Kier molecular flexibility index (Phi) is 6.02. The van der Waals surface area contributed by atoms with Gasteiger partial charge in [-0.1, -0.05) is 35.8 Å².